The number of fused-ring (bicyclic) bond motifs is 1. The number of phenolic OH excluding ortho intramolecular Hbond substituents is 1. The number of rotatable bonds is 2. The minimum absolute atomic E-state index is 0.263. The summed E-state index contributed by atoms with van der Waals surface area (Å²) in [7, 11) is 0. The predicted molar refractivity (Wildman–Crippen MR) is 90.3 cm³/mol. The zero-order chi connectivity index (χ0) is 16.1. The molecular formula is C18H18N4O. The molecule has 116 valence electrons. The van der Waals surface area contributed by atoms with Crippen molar-refractivity contribution in [1.29, 1.82) is 0 Å². The van der Waals surface area contributed by atoms with Gasteiger partial charge in [0.25, 0.3) is 0 Å². The second-order valence-electron chi connectivity index (χ2n) is 6.23. The molecule has 0 saturated heterocycles. The molecule has 3 N–H and O–H groups in total. The Balaban J connectivity index is 2.11. The normalized spacial score (nSPS) is 14.3. The Kier molecular flexibility index (Phi) is 2.98. The number of hydrogen-bond acceptors (Lipinski definition) is 5. The summed E-state index contributed by atoms with van der Waals surface area (Å²) in [6.07, 6.45) is 3.78. The summed E-state index contributed by atoms with van der Waals surface area (Å²) in [6.45, 7) is 3.92. The molecule has 0 radical (unpaired) electrons. The van der Waals surface area contributed by atoms with Crippen LogP contribution >= 0.6 is 0 Å². The molecule has 0 amide bonds. The average Bonchev–Trinajstić information content (AvgIpc) is 3.37. The van der Waals surface area contributed by atoms with Crippen LogP contribution in [0.15, 0.2) is 24.5 Å². The van der Waals surface area contributed by atoms with E-state index in [-0.39, 0.29) is 5.75 Å². The summed E-state index contributed by atoms with van der Waals surface area (Å²) in [6, 6.07) is 5.63. The lowest BCUT2D eigenvalue weighted by atomic mass is 9.96. The maximum atomic E-state index is 10.1. The summed E-state index contributed by atoms with van der Waals surface area (Å²) in [5, 5.41) is 11.0. The van der Waals surface area contributed by atoms with Crippen molar-refractivity contribution in [3.05, 3.63) is 41.3 Å². The third-order valence-corrected chi connectivity index (χ3v) is 4.55. The van der Waals surface area contributed by atoms with Gasteiger partial charge in [-0.15, -0.1) is 0 Å². The Hall–Kier alpha value is -2.69. The lowest BCUT2D eigenvalue weighted by Gasteiger charge is -2.14. The van der Waals surface area contributed by atoms with Crippen LogP contribution in [0.3, 0.4) is 0 Å². The van der Waals surface area contributed by atoms with Gasteiger partial charge in [-0.3, -0.25) is 4.98 Å². The van der Waals surface area contributed by atoms with Crippen LogP contribution in [0.4, 0.5) is 5.82 Å². The van der Waals surface area contributed by atoms with Crippen molar-refractivity contribution in [2.75, 3.05) is 5.73 Å². The average molecular weight is 306 g/mol. The maximum absolute atomic E-state index is 10.1. The maximum Gasteiger partial charge on any atom is 0.134 e. The molecule has 1 saturated carbocycles. The largest absolute Gasteiger partial charge is 0.508 e. The van der Waals surface area contributed by atoms with Gasteiger partial charge in [0.2, 0.25) is 0 Å². The zero-order valence-corrected chi connectivity index (χ0v) is 13.2. The molecule has 2 heterocycles. The van der Waals surface area contributed by atoms with Gasteiger partial charge in [-0.1, -0.05) is 6.07 Å². The summed E-state index contributed by atoms with van der Waals surface area (Å²) >= 11 is 0. The molecule has 5 nitrogen and oxygen atoms in total. The monoisotopic (exact) mass is 306 g/mol. The molecule has 1 aromatic carbocycles. The van der Waals surface area contributed by atoms with Crippen LogP contribution in [0.25, 0.3) is 22.2 Å². The molecule has 2 aromatic heterocycles. The molecule has 3 aromatic rings. The number of nitrogens with two attached hydrogens (primary N) is 1. The van der Waals surface area contributed by atoms with E-state index in [0.29, 0.717) is 11.7 Å². The third-order valence-electron chi connectivity index (χ3n) is 4.55. The minimum Gasteiger partial charge on any atom is -0.508 e. The fraction of sp³-hybridized carbons (Fsp3) is 0.278. The van der Waals surface area contributed by atoms with Crippen molar-refractivity contribution < 1.29 is 5.11 Å². The second kappa shape index (κ2) is 4.91. The van der Waals surface area contributed by atoms with Crippen molar-refractivity contribution in [2.45, 2.75) is 32.6 Å². The van der Waals surface area contributed by atoms with E-state index in [0.717, 1.165) is 51.8 Å². The van der Waals surface area contributed by atoms with Crippen LogP contribution in [-0.2, 0) is 0 Å². The SMILES string of the molecule is Cc1ccc(O)c(C)c1-c1nc(C2CC2)cc2c(N)ncnc12. The highest BCUT2D eigenvalue weighted by Crippen LogP contribution is 2.43. The van der Waals surface area contributed by atoms with Crippen molar-refractivity contribution in [1.82, 2.24) is 15.0 Å². The third kappa shape index (κ3) is 2.20. The predicted octanol–water partition coefficient (Wildman–Crippen LogP) is 3.47. The minimum atomic E-state index is 0.263. The van der Waals surface area contributed by atoms with E-state index in [9.17, 15) is 5.11 Å². The smallest absolute Gasteiger partial charge is 0.134 e. The first-order valence-electron chi connectivity index (χ1n) is 7.77. The molecule has 1 aliphatic carbocycles. The molecular weight excluding hydrogens is 288 g/mol. The van der Waals surface area contributed by atoms with Crippen LogP contribution in [-0.4, -0.2) is 20.1 Å². The van der Waals surface area contributed by atoms with E-state index in [1.54, 1.807) is 6.07 Å². The van der Waals surface area contributed by atoms with Crippen LogP contribution in [0.2, 0.25) is 0 Å². The number of aryl methyl sites for hydroxylation is 1. The Morgan fingerprint density at radius 2 is 1.96 bits per heavy atom. The van der Waals surface area contributed by atoms with Crippen LogP contribution in [0, 0.1) is 13.8 Å². The van der Waals surface area contributed by atoms with Crippen molar-refractivity contribution in [3.8, 4) is 17.0 Å². The molecule has 0 atom stereocenters. The van der Waals surface area contributed by atoms with E-state index >= 15 is 0 Å². The summed E-state index contributed by atoms with van der Waals surface area (Å²) in [5.74, 6) is 1.23. The summed E-state index contributed by atoms with van der Waals surface area (Å²) in [4.78, 5) is 13.4. The number of nitrogens with zero attached hydrogens (tertiary/aromatic N) is 3. The topological polar surface area (TPSA) is 84.9 Å². The fourth-order valence-corrected chi connectivity index (χ4v) is 3.07. The van der Waals surface area contributed by atoms with Crippen LogP contribution in [0.5, 0.6) is 5.75 Å². The number of hydrogen-bond donors (Lipinski definition) is 2. The van der Waals surface area contributed by atoms with E-state index in [4.69, 9.17) is 10.7 Å². The van der Waals surface area contributed by atoms with Crippen molar-refractivity contribution in [2.24, 2.45) is 0 Å². The Morgan fingerprint density at radius 1 is 1.17 bits per heavy atom. The van der Waals surface area contributed by atoms with Gasteiger partial charge in [0.05, 0.1) is 5.69 Å². The highest BCUT2D eigenvalue weighted by molar-refractivity contribution is 5.98. The lowest BCUT2D eigenvalue weighted by Crippen LogP contribution is -2.01. The Morgan fingerprint density at radius 3 is 2.70 bits per heavy atom. The Bertz CT molecular complexity index is 932. The number of nitrogen functional groups attached to an aromatic ring is 1. The highest BCUT2D eigenvalue weighted by Gasteiger charge is 2.27. The van der Waals surface area contributed by atoms with Gasteiger partial charge in [0.1, 0.15) is 23.4 Å². The fourth-order valence-electron chi connectivity index (χ4n) is 3.07. The molecule has 1 fully saturated rings. The van der Waals surface area contributed by atoms with Gasteiger partial charge >= 0.3 is 0 Å². The van der Waals surface area contributed by atoms with Gasteiger partial charge in [0, 0.05) is 28.1 Å². The standard InChI is InChI=1S/C18H18N4O/c1-9-3-6-14(23)10(2)15(9)17-16-12(18(19)21-8-20-16)7-13(22-17)11-4-5-11/h3,6-8,11,23H,4-5H2,1-2H3,(H2,19,20,21). The Labute approximate surface area is 134 Å². The molecule has 0 aliphatic heterocycles. The molecule has 0 bridgehead atoms. The van der Waals surface area contributed by atoms with E-state index in [2.05, 4.69) is 9.97 Å². The summed E-state index contributed by atoms with van der Waals surface area (Å²) < 4.78 is 0. The molecule has 0 spiro atoms. The number of aromatic hydroxyl groups is 1. The van der Waals surface area contributed by atoms with Gasteiger partial charge in [0.15, 0.2) is 0 Å². The zero-order valence-electron chi connectivity index (χ0n) is 13.2. The number of phenols is 1. The van der Waals surface area contributed by atoms with Gasteiger partial charge in [-0.2, -0.15) is 0 Å². The number of pyridine rings is 1. The lowest BCUT2D eigenvalue weighted by molar-refractivity contribution is 0.471. The second-order valence-corrected chi connectivity index (χ2v) is 6.23. The summed E-state index contributed by atoms with van der Waals surface area (Å²) in [5.41, 5.74) is 11.4. The highest BCUT2D eigenvalue weighted by atomic mass is 16.3. The molecule has 5 heteroatoms. The van der Waals surface area contributed by atoms with E-state index < -0.39 is 0 Å². The van der Waals surface area contributed by atoms with Gasteiger partial charge in [-0.25, -0.2) is 9.97 Å². The van der Waals surface area contributed by atoms with Crippen LogP contribution < -0.4 is 5.73 Å². The first kappa shape index (κ1) is 13.9. The molecule has 0 unspecified atom stereocenters. The van der Waals surface area contributed by atoms with E-state index in [1.807, 2.05) is 26.0 Å². The number of anilines is 1. The molecule has 1 aliphatic rings. The first-order valence-corrected chi connectivity index (χ1v) is 7.77. The van der Waals surface area contributed by atoms with Crippen molar-refractivity contribution >= 4 is 16.7 Å². The van der Waals surface area contributed by atoms with Gasteiger partial charge in [-0.05, 0) is 44.4 Å². The van der Waals surface area contributed by atoms with Gasteiger partial charge < -0.3 is 10.8 Å². The van der Waals surface area contributed by atoms with Crippen molar-refractivity contribution in [3.63, 3.8) is 0 Å². The van der Waals surface area contributed by atoms with Crippen LogP contribution in [0.1, 0.15) is 35.6 Å². The van der Waals surface area contributed by atoms with E-state index in [1.165, 1.54) is 6.33 Å². The molecule has 23 heavy (non-hydrogen) atoms. The first-order chi connectivity index (χ1) is 11.1. The quantitative estimate of drug-likeness (QED) is 0.757. The number of benzene rings is 1. The molecule has 4 rings (SSSR count). The number of aromatic nitrogens is 3.